The molecule has 5 nitrogen and oxygen atoms in total. The lowest BCUT2D eigenvalue weighted by atomic mass is 10.1. The van der Waals surface area contributed by atoms with Crippen LogP contribution in [0.2, 0.25) is 0 Å². The van der Waals surface area contributed by atoms with Crippen molar-refractivity contribution in [2.24, 2.45) is 7.05 Å². The average Bonchev–Trinajstić information content (AvgIpc) is 2.94. The minimum absolute atomic E-state index is 0.106. The van der Waals surface area contributed by atoms with E-state index < -0.39 is 6.10 Å². The van der Waals surface area contributed by atoms with Gasteiger partial charge in [0.1, 0.15) is 5.69 Å². The Bertz CT molecular complexity index is 689. The summed E-state index contributed by atoms with van der Waals surface area (Å²) < 4.78 is 1.62. The van der Waals surface area contributed by atoms with Gasteiger partial charge in [-0.2, -0.15) is 5.10 Å². The maximum atomic E-state index is 12.8. The van der Waals surface area contributed by atoms with Crippen LogP contribution in [0.25, 0.3) is 0 Å². The summed E-state index contributed by atoms with van der Waals surface area (Å²) in [6.45, 7) is 8.82. The number of carbonyl (C=O) groups excluding carboxylic acids is 1. The van der Waals surface area contributed by atoms with Gasteiger partial charge < -0.3 is 10.0 Å². The summed E-state index contributed by atoms with van der Waals surface area (Å²) in [5.41, 5.74) is 3.41. The van der Waals surface area contributed by atoms with E-state index in [0.29, 0.717) is 12.2 Å². The number of aryl methyl sites for hydroxylation is 2. The molecule has 24 heavy (non-hydrogen) atoms. The van der Waals surface area contributed by atoms with E-state index in [4.69, 9.17) is 0 Å². The van der Waals surface area contributed by atoms with Gasteiger partial charge in [-0.15, -0.1) is 0 Å². The zero-order valence-electron chi connectivity index (χ0n) is 15.2. The maximum absolute atomic E-state index is 12.8. The number of hydrogen-bond acceptors (Lipinski definition) is 3. The largest absolute Gasteiger partial charge is 0.387 e. The molecule has 2 rings (SSSR count). The fraction of sp³-hybridized carbons (Fsp3) is 0.474. The summed E-state index contributed by atoms with van der Waals surface area (Å²) in [7, 11) is 1.78. The summed E-state index contributed by atoms with van der Waals surface area (Å²) >= 11 is 0. The molecule has 1 aromatic carbocycles. The third kappa shape index (κ3) is 4.03. The predicted octanol–water partition coefficient (Wildman–Crippen LogP) is 3.05. The Hall–Kier alpha value is -2.14. The molecule has 1 atom stereocenters. The van der Waals surface area contributed by atoms with E-state index in [1.54, 1.807) is 16.6 Å². The quantitative estimate of drug-likeness (QED) is 0.886. The van der Waals surface area contributed by atoms with Gasteiger partial charge >= 0.3 is 0 Å². The van der Waals surface area contributed by atoms with E-state index in [1.807, 2.05) is 44.2 Å². The monoisotopic (exact) mass is 329 g/mol. The molecular formula is C19H27N3O2. The number of hydrogen-bond donors (Lipinski definition) is 1. The van der Waals surface area contributed by atoms with Crippen LogP contribution in [0.3, 0.4) is 0 Å². The molecule has 0 aliphatic rings. The van der Waals surface area contributed by atoms with Gasteiger partial charge in [-0.3, -0.25) is 9.48 Å². The Kier molecular flexibility index (Phi) is 5.78. The highest BCUT2D eigenvalue weighted by atomic mass is 16.3. The highest BCUT2D eigenvalue weighted by molar-refractivity contribution is 5.92. The van der Waals surface area contributed by atoms with Crippen LogP contribution >= 0.6 is 0 Å². The summed E-state index contributed by atoms with van der Waals surface area (Å²) in [5, 5.41) is 14.9. The molecule has 1 heterocycles. The summed E-state index contributed by atoms with van der Waals surface area (Å²) in [6, 6.07) is 9.58. The minimum atomic E-state index is -0.702. The number of nitrogens with zero attached hydrogens (tertiary/aromatic N) is 3. The van der Waals surface area contributed by atoms with Crippen LogP contribution in [-0.2, 0) is 7.05 Å². The molecule has 2 aromatic rings. The van der Waals surface area contributed by atoms with E-state index >= 15 is 0 Å². The number of aliphatic hydroxyl groups excluding tert-OH is 1. The van der Waals surface area contributed by atoms with Crippen LogP contribution in [0.1, 0.15) is 60.1 Å². The van der Waals surface area contributed by atoms with Crippen molar-refractivity contribution in [3.05, 3.63) is 52.8 Å². The highest BCUT2D eigenvalue weighted by Crippen LogP contribution is 2.18. The Balaban J connectivity index is 2.15. The first-order valence-corrected chi connectivity index (χ1v) is 8.41. The smallest absolute Gasteiger partial charge is 0.272 e. The summed E-state index contributed by atoms with van der Waals surface area (Å²) in [5.74, 6) is 0.163. The standard InChI is InChI=1S/C19H27N3O2/c1-6-22(12-18(23)15-9-7-14(4)8-10-15)19(24)17-11-16(13(2)3)20-21(17)5/h7-11,13,18,23H,6,12H2,1-5H3/t18-/m0/s1. The zero-order valence-corrected chi connectivity index (χ0v) is 15.2. The van der Waals surface area contributed by atoms with Crippen LogP contribution in [0.5, 0.6) is 0 Å². The zero-order chi connectivity index (χ0) is 17.9. The Morgan fingerprint density at radius 3 is 2.42 bits per heavy atom. The van der Waals surface area contributed by atoms with Crippen molar-refractivity contribution in [1.29, 1.82) is 0 Å². The first kappa shape index (κ1) is 18.2. The molecule has 0 spiro atoms. The molecular weight excluding hydrogens is 302 g/mol. The number of amides is 1. The van der Waals surface area contributed by atoms with Crippen LogP contribution in [-0.4, -0.2) is 38.8 Å². The SMILES string of the molecule is CCN(C[C@H](O)c1ccc(C)cc1)C(=O)c1cc(C(C)C)nn1C. The van der Waals surface area contributed by atoms with Gasteiger partial charge in [0.15, 0.2) is 0 Å². The van der Waals surface area contributed by atoms with Crippen molar-refractivity contribution in [2.75, 3.05) is 13.1 Å². The normalized spacial score (nSPS) is 12.5. The minimum Gasteiger partial charge on any atom is -0.387 e. The number of benzene rings is 1. The van der Waals surface area contributed by atoms with Crippen molar-refractivity contribution in [2.45, 2.75) is 39.7 Å². The molecule has 130 valence electrons. The average molecular weight is 329 g/mol. The second-order valence-electron chi connectivity index (χ2n) is 6.50. The molecule has 0 bridgehead atoms. The van der Waals surface area contributed by atoms with Crippen molar-refractivity contribution in [1.82, 2.24) is 14.7 Å². The molecule has 0 saturated carbocycles. The molecule has 1 N–H and O–H groups in total. The molecule has 0 unspecified atom stereocenters. The fourth-order valence-electron chi connectivity index (χ4n) is 2.59. The van der Waals surface area contributed by atoms with Crippen molar-refractivity contribution < 1.29 is 9.90 Å². The van der Waals surface area contributed by atoms with Gasteiger partial charge in [-0.25, -0.2) is 0 Å². The Labute approximate surface area is 143 Å². The van der Waals surface area contributed by atoms with Gasteiger partial charge in [-0.1, -0.05) is 43.7 Å². The van der Waals surface area contributed by atoms with E-state index in [9.17, 15) is 9.90 Å². The second kappa shape index (κ2) is 7.62. The molecule has 0 radical (unpaired) electrons. The molecule has 0 aliphatic carbocycles. The fourth-order valence-corrected chi connectivity index (χ4v) is 2.59. The maximum Gasteiger partial charge on any atom is 0.272 e. The van der Waals surface area contributed by atoms with Crippen LogP contribution in [0.15, 0.2) is 30.3 Å². The molecule has 0 aliphatic heterocycles. The first-order chi connectivity index (χ1) is 11.3. The summed E-state index contributed by atoms with van der Waals surface area (Å²) in [4.78, 5) is 14.5. The topological polar surface area (TPSA) is 58.4 Å². The lowest BCUT2D eigenvalue weighted by molar-refractivity contribution is 0.0624. The molecule has 1 amide bonds. The number of rotatable bonds is 6. The Morgan fingerprint density at radius 2 is 1.92 bits per heavy atom. The van der Waals surface area contributed by atoms with Gasteiger partial charge in [0, 0.05) is 13.6 Å². The van der Waals surface area contributed by atoms with Crippen LogP contribution in [0, 0.1) is 6.92 Å². The van der Waals surface area contributed by atoms with Crippen LogP contribution < -0.4 is 0 Å². The molecule has 0 saturated heterocycles. The second-order valence-corrected chi connectivity index (χ2v) is 6.50. The first-order valence-electron chi connectivity index (χ1n) is 8.41. The van der Waals surface area contributed by atoms with Crippen molar-refractivity contribution in [3.63, 3.8) is 0 Å². The Morgan fingerprint density at radius 1 is 1.29 bits per heavy atom. The van der Waals surface area contributed by atoms with Crippen molar-refractivity contribution >= 4 is 5.91 Å². The number of aliphatic hydroxyl groups is 1. The van der Waals surface area contributed by atoms with Gasteiger partial charge in [0.25, 0.3) is 5.91 Å². The molecule has 1 aromatic heterocycles. The van der Waals surface area contributed by atoms with Gasteiger partial charge in [-0.05, 0) is 31.4 Å². The molecule has 0 fully saturated rings. The number of carbonyl (C=O) groups is 1. The highest BCUT2D eigenvalue weighted by Gasteiger charge is 2.22. The van der Waals surface area contributed by atoms with Gasteiger partial charge in [0.2, 0.25) is 0 Å². The van der Waals surface area contributed by atoms with E-state index in [1.165, 1.54) is 0 Å². The molecule has 5 heteroatoms. The predicted molar refractivity (Wildman–Crippen MR) is 95.0 cm³/mol. The lowest BCUT2D eigenvalue weighted by Crippen LogP contribution is -2.35. The van der Waals surface area contributed by atoms with E-state index in [2.05, 4.69) is 18.9 Å². The third-order valence-corrected chi connectivity index (χ3v) is 4.23. The van der Waals surface area contributed by atoms with Crippen LogP contribution in [0.4, 0.5) is 0 Å². The van der Waals surface area contributed by atoms with Gasteiger partial charge in [0.05, 0.1) is 18.3 Å². The lowest BCUT2D eigenvalue weighted by Gasteiger charge is -2.24. The van der Waals surface area contributed by atoms with E-state index in [0.717, 1.165) is 16.8 Å². The number of aromatic nitrogens is 2. The number of likely N-dealkylation sites (N-methyl/N-ethyl adjacent to an activating group) is 1. The third-order valence-electron chi connectivity index (χ3n) is 4.23. The summed E-state index contributed by atoms with van der Waals surface area (Å²) in [6.07, 6.45) is -0.702. The van der Waals surface area contributed by atoms with Crippen molar-refractivity contribution in [3.8, 4) is 0 Å². The van der Waals surface area contributed by atoms with E-state index in [-0.39, 0.29) is 18.4 Å².